The zero-order valence-corrected chi connectivity index (χ0v) is 12.7. The molecule has 1 N–H and O–H groups in total. The van der Waals surface area contributed by atoms with Gasteiger partial charge in [-0.05, 0) is 36.2 Å². The van der Waals surface area contributed by atoms with Crippen LogP contribution in [0.1, 0.15) is 21.5 Å². The first kappa shape index (κ1) is 13.1. The number of H-pyrrole nitrogens is 1. The summed E-state index contributed by atoms with van der Waals surface area (Å²) in [5, 5.41) is 1.04. The summed E-state index contributed by atoms with van der Waals surface area (Å²) in [6.45, 7) is 2.03. The largest absolute Gasteiger partial charge is 0.360 e. The van der Waals surface area contributed by atoms with Crippen LogP contribution in [0, 0.1) is 6.92 Å². The number of aromatic amines is 1. The van der Waals surface area contributed by atoms with E-state index in [1.807, 2.05) is 55.6 Å². The van der Waals surface area contributed by atoms with Crippen LogP contribution in [0.15, 0.2) is 53.1 Å². The van der Waals surface area contributed by atoms with Gasteiger partial charge in [-0.15, -0.1) is 0 Å². The molecule has 3 rings (SSSR count). The Labute approximate surface area is 126 Å². The fourth-order valence-corrected chi connectivity index (χ4v) is 2.73. The van der Waals surface area contributed by atoms with E-state index in [0.717, 1.165) is 32.1 Å². The molecule has 0 atom stereocenters. The molecular weight excluding hydrogens is 314 g/mol. The molecule has 3 aromatic rings. The monoisotopic (exact) mass is 327 g/mol. The minimum absolute atomic E-state index is 0.146. The lowest BCUT2D eigenvalue weighted by atomic mass is 10.0. The summed E-state index contributed by atoms with van der Waals surface area (Å²) >= 11 is 3.40. The lowest BCUT2D eigenvalue weighted by Gasteiger charge is -2.03. The van der Waals surface area contributed by atoms with Gasteiger partial charge in [0.05, 0.1) is 0 Å². The van der Waals surface area contributed by atoms with Crippen molar-refractivity contribution in [1.29, 1.82) is 0 Å². The van der Waals surface area contributed by atoms with Crippen LogP contribution in [-0.4, -0.2) is 10.8 Å². The Bertz CT molecular complexity index is 771. The fourth-order valence-electron chi connectivity index (χ4n) is 2.47. The van der Waals surface area contributed by atoms with Gasteiger partial charge >= 0.3 is 0 Å². The van der Waals surface area contributed by atoms with E-state index in [2.05, 4.69) is 20.9 Å². The van der Waals surface area contributed by atoms with Crippen molar-refractivity contribution in [2.45, 2.75) is 13.3 Å². The average molecular weight is 328 g/mol. The molecule has 2 aromatic carbocycles. The minimum Gasteiger partial charge on any atom is -0.360 e. The van der Waals surface area contributed by atoms with Gasteiger partial charge in [0.15, 0.2) is 5.78 Å². The summed E-state index contributed by atoms with van der Waals surface area (Å²) in [6, 6.07) is 13.9. The zero-order valence-electron chi connectivity index (χ0n) is 11.1. The van der Waals surface area contributed by atoms with Crippen LogP contribution < -0.4 is 0 Å². The second kappa shape index (κ2) is 5.25. The van der Waals surface area contributed by atoms with Gasteiger partial charge in [0, 0.05) is 33.6 Å². The maximum absolute atomic E-state index is 12.5. The second-order valence-electron chi connectivity index (χ2n) is 4.93. The Hall–Kier alpha value is -1.87. The van der Waals surface area contributed by atoms with Gasteiger partial charge in [0.25, 0.3) is 0 Å². The van der Waals surface area contributed by atoms with Crippen LogP contribution >= 0.6 is 15.9 Å². The van der Waals surface area contributed by atoms with Crippen molar-refractivity contribution < 1.29 is 4.79 Å². The molecule has 20 heavy (non-hydrogen) atoms. The summed E-state index contributed by atoms with van der Waals surface area (Å²) in [6.07, 6.45) is 2.24. The molecule has 0 aliphatic heterocycles. The van der Waals surface area contributed by atoms with Crippen molar-refractivity contribution >= 4 is 32.6 Å². The van der Waals surface area contributed by atoms with Crippen LogP contribution in [0.3, 0.4) is 0 Å². The lowest BCUT2D eigenvalue weighted by molar-refractivity contribution is 0.0994. The SMILES string of the molecule is Cc1cccc2[nH]cc(C(=O)Cc3ccc(Br)cc3)c12. The van der Waals surface area contributed by atoms with Gasteiger partial charge in [-0.25, -0.2) is 0 Å². The number of rotatable bonds is 3. The number of carbonyl (C=O) groups is 1. The number of aryl methyl sites for hydroxylation is 1. The molecule has 0 aliphatic carbocycles. The number of Topliss-reactive ketones (excluding diaryl/α,β-unsaturated/α-hetero) is 1. The molecule has 0 fully saturated rings. The first-order valence-electron chi connectivity index (χ1n) is 6.49. The highest BCUT2D eigenvalue weighted by atomic mass is 79.9. The summed E-state index contributed by atoms with van der Waals surface area (Å²) in [5.74, 6) is 0.146. The number of hydrogen-bond donors (Lipinski definition) is 1. The normalized spacial score (nSPS) is 10.9. The Morgan fingerprint density at radius 1 is 1.15 bits per heavy atom. The molecule has 0 bridgehead atoms. The first-order chi connectivity index (χ1) is 9.65. The summed E-state index contributed by atoms with van der Waals surface area (Å²) in [5.41, 5.74) is 3.95. The Balaban J connectivity index is 1.95. The molecule has 0 spiro atoms. The summed E-state index contributed by atoms with van der Waals surface area (Å²) in [4.78, 5) is 15.7. The van der Waals surface area contributed by atoms with E-state index in [9.17, 15) is 4.79 Å². The van der Waals surface area contributed by atoms with E-state index in [1.54, 1.807) is 0 Å². The van der Waals surface area contributed by atoms with Gasteiger partial charge < -0.3 is 4.98 Å². The minimum atomic E-state index is 0.146. The molecule has 2 nitrogen and oxygen atoms in total. The van der Waals surface area contributed by atoms with Crippen LogP contribution in [0.2, 0.25) is 0 Å². The number of aromatic nitrogens is 1. The predicted octanol–water partition coefficient (Wildman–Crippen LogP) is 4.66. The van der Waals surface area contributed by atoms with Gasteiger partial charge in [-0.1, -0.05) is 40.2 Å². The van der Waals surface area contributed by atoms with E-state index < -0.39 is 0 Å². The van der Waals surface area contributed by atoms with Crippen LogP contribution in [0.5, 0.6) is 0 Å². The molecule has 1 heterocycles. The molecule has 0 unspecified atom stereocenters. The Morgan fingerprint density at radius 2 is 1.90 bits per heavy atom. The maximum Gasteiger partial charge on any atom is 0.169 e. The highest BCUT2D eigenvalue weighted by molar-refractivity contribution is 9.10. The number of ketones is 1. The number of carbonyl (C=O) groups excluding carboxylic acids is 1. The van der Waals surface area contributed by atoms with E-state index in [4.69, 9.17) is 0 Å². The predicted molar refractivity (Wildman–Crippen MR) is 85.2 cm³/mol. The fraction of sp³-hybridized carbons (Fsp3) is 0.118. The number of hydrogen-bond acceptors (Lipinski definition) is 1. The van der Waals surface area contributed by atoms with Gasteiger partial charge in [-0.2, -0.15) is 0 Å². The third kappa shape index (κ3) is 2.41. The molecule has 0 amide bonds. The van der Waals surface area contributed by atoms with E-state index in [-0.39, 0.29) is 5.78 Å². The molecule has 1 aromatic heterocycles. The molecule has 3 heteroatoms. The summed E-state index contributed by atoms with van der Waals surface area (Å²) in [7, 11) is 0. The quantitative estimate of drug-likeness (QED) is 0.697. The van der Waals surface area contributed by atoms with E-state index >= 15 is 0 Å². The standard InChI is InChI=1S/C17H14BrNO/c1-11-3-2-4-15-17(11)14(10-19-15)16(20)9-12-5-7-13(18)8-6-12/h2-8,10,19H,9H2,1H3. The summed E-state index contributed by atoms with van der Waals surface area (Å²) < 4.78 is 1.02. The molecular formula is C17H14BrNO. The maximum atomic E-state index is 12.5. The molecule has 0 radical (unpaired) electrons. The highest BCUT2D eigenvalue weighted by Gasteiger charge is 2.14. The van der Waals surface area contributed by atoms with Gasteiger partial charge in [-0.3, -0.25) is 4.79 Å². The second-order valence-corrected chi connectivity index (χ2v) is 5.84. The van der Waals surface area contributed by atoms with E-state index in [0.29, 0.717) is 6.42 Å². The number of fused-ring (bicyclic) bond motifs is 1. The van der Waals surface area contributed by atoms with Crippen molar-refractivity contribution in [1.82, 2.24) is 4.98 Å². The van der Waals surface area contributed by atoms with Crippen LogP contribution in [0.25, 0.3) is 10.9 Å². The molecule has 100 valence electrons. The third-order valence-corrected chi connectivity index (χ3v) is 4.02. The number of benzene rings is 2. The third-order valence-electron chi connectivity index (χ3n) is 3.49. The van der Waals surface area contributed by atoms with Gasteiger partial charge in [0.2, 0.25) is 0 Å². The van der Waals surface area contributed by atoms with Gasteiger partial charge in [0.1, 0.15) is 0 Å². The van der Waals surface area contributed by atoms with E-state index in [1.165, 1.54) is 0 Å². The van der Waals surface area contributed by atoms with Crippen molar-refractivity contribution in [3.63, 3.8) is 0 Å². The molecule has 0 saturated heterocycles. The zero-order chi connectivity index (χ0) is 14.1. The molecule has 0 saturated carbocycles. The smallest absolute Gasteiger partial charge is 0.169 e. The Kier molecular flexibility index (Phi) is 3.45. The average Bonchev–Trinajstić information content (AvgIpc) is 2.87. The topological polar surface area (TPSA) is 32.9 Å². The molecule has 0 aliphatic rings. The van der Waals surface area contributed by atoms with Crippen LogP contribution in [-0.2, 0) is 6.42 Å². The number of nitrogens with one attached hydrogen (secondary N) is 1. The van der Waals surface area contributed by atoms with Crippen molar-refractivity contribution in [3.8, 4) is 0 Å². The van der Waals surface area contributed by atoms with Crippen LogP contribution in [0.4, 0.5) is 0 Å². The first-order valence-corrected chi connectivity index (χ1v) is 7.29. The number of halogens is 1. The lowest BCUT2D eigenvalue weighted by Crippen LogP contribution is -2.03. The Morgan fingerprint density at radius 3 is 2.65 bits per heavy atom. The van der Waals surface area contributed by atoms with Crippen molar-refractivity contribution in [2.75, 3.05) is 0 Å². The van der Waals surface area contributed by atoms with Crippen molar-refractivity contribution in [3.05, 3.63) is 69.8 Å². The highest BCUT2D eigenvalue weighted by Crippen LogP contribution is 2.23. The van der Waals surface area contributed by atoms with Crippen molar-refractivity contribution in [2.24, 2.45) is 0 Å².